The van der Waals surface area contributed by atoms with E-state index in [-0.39, 0.29) is 5.56 Å². The molecule has 2 aromatic carbocycles. The molecule has 0 bridgehead atoms. The average Bonchev–Trinajstić information content (AvgIpc) is 3.30. The molecule has 0 saturated heterocycles. The van der Waals surface area contributed by atoms with E-state index in [2.05, 4.69) is 20.3 Å². The second-order valence-electron chi connectivity index (χ2n) is 6.46. The third kappa shape index (κ3) is 4.49. The predicted octanol–water partition coefficient (Wildman–Crippen LogP) is 3.57. The minimum absolute atomic E-state index is 0.244. The van der Waals surface area contributed by atoms with Gasteiger partial charge in [0, 0.05) is 23.3 Å². The van der Waals surface area contributed by atoms with Crippen molar-refractivity contribution >= 4 is 39.4 Å². The van der Waals surface area contributed by atoms with Gasteiger partial charge in [0.05, 0.1) is 31.0 Å². The number of fused-ring (bicyclic) bond motifs is 1. The number of para-hydroxylation sites is 1. The number of thiazole rings is 1. The third-order valence-corrected chi connectivity index (χ3v) is 5.24. The molecule has 4 rings (SSSR count). The van der Waals surface area contributed by atoms with E-state index in [1.807, 2.05) is 6.07 Å². The molecule has 0 saturated carbocycles. The van der Waals surface area contributed by atoms with Crippen molar-refractivity contribution in [2.45, 2.75) is 0 Å². The molecule has 0 aliphatic carbocycles. The van der Waals surface area contributed by atoms with Gasteiger partial charge in [-0.15, -0.1) is 11.3 Å². The average molecular weight is 450 g/mol. The van der Waals surface area contributed by atoms with Crippen LogP contribution in [-0.4, -0.2) is 47.7 Å². The topological polar surface area (TPSA) is 113 Å². The Kier molecular flexibility index (Phi) is 6.22. The summed E-state index contributed by atoms with van der Waals surface area (Å²) in [6, 6.07) is 10.4. The lowest BCUT2D eigenvalue weighted by atomic mass is 10.1. The highest BCUT2D eigenvalue weighted by Crippen LogP contribution is 2.33. The molecule has 1 N–H and O–H groups in total. The monoisotopic (exact) mass is 450 g/mol. The SMILES string of the molecule is COc1ccc(-c2csc(NC(=O)COC(=O)c3cccc4nccnc34)n2)cc1OC. The van der Waals surface area contributed by atoms with E-state index < -0.39 is 18.5 Å². The molecule has 0 unspecified atom stereocenters. The van der Waals surface area contributed by atoms with Gasteiger partial charge in [0.25, 0.3) is 5.91 Å². The van der Waals surface area contributed by atoms with Gasteiger partial charge in [0.15, 0.2) is 23.2 Å². The van der Waals surface area contributed by atoms with Crippen LogP contribution in [0.15, 0.2) is 54.2 Å². The first-order chi connectivity index (χ1) is 15.6. The van der Waals surface area contributed by atoms with Crippen LogP contribution < -0.4 is 14.8 Å². The molecule has 0 aliphatic heterocycles. The summed E-state index contributed by atoms with van der Waals surface area (Å²) in [5, 5.41) is 4.82. The Morgan fingerprint density at radius 3 is 2.66 bits per heavy atom. The number of esters is 1. The van der Waals surface area contributed by atoms with E-state index in [0.29, 0.717) is 33.4 Å². The summed E-state index contributed by atoms with van der Waals surface area (Å²) >= 11 is 1.25. The number of methoxy groups -OCH3 is 2. The summed E-state index contributed by atoms with van der Waals surface area (Å²) in [6.07, 6.45) is 3.03. The zero-order valence-electron chi connectivity index (χ0n) is 17.2. The minimum Gasteiger partial charge on any atom is -0.493 e. The zero-order chi connectivity index (χ0) is 22.5. The summed E-state index contributed by atoms with van der Waals surface area (Å²) in [5.41, 5.74) is 2.70. The Balaban J connectivity index is 1.39. The number of benzene rings is 2. The highest BCUT2D eigenvalue weighted by molar-refractivity contribution is 7.14. The standard InChI is InChI=1S/C22H18N4O5S/c1-29-17-7-6-13(10-18(17)30-2)16-12-32-22(25-16)26-19(27)11-31-21(28)14-4-3-5-15-20(14)24-9-8-23-15/h3-10,12H,11H2,1-2H3,(H,25,26,27). The van der Waals surface area contributed by atoms with Crippen molar-refractivity contribution < 1.29 is 23.8 Å². The lowest BCUT2D eigenvalue weighted by Gasteiger charge is -2.08. The lowest BCUT2D eigenvalue weighted by Crippen LogP contribution is -2.21. The normalized spacial score (nSPS) is 10.6. The molecule has 9 nitrogen and oxygen atoms in total. The summed E-state index contributed by atoms with van der Waals surface area (Å²) in [6.45, 7) is -0.458. The molecule has 10 heteroatoms. The van der Waals surface area contributed by atoms with Crippen LogP contribution >= 0.6 is 11.3 Å². The van der Waals surface area contributed by atoms with Crippen LogP contribution in [0, 0.1) is 0 Å². The van der Waals surface area contributed by atoms with Gasteiger partial charge in [0.2, 0.25) is 0 Å². The van der Waals surface area contributed by atoms with Crippen molar-refractivity contribution in [3.8, 4) is 22.8 Å². The first-order valence-corrected chi connectivity index (χ1v) is 10.3. The van der Waals surface area contributed by atoms with Crippen LogP contribution in [-0.2, 0) is 9.53 Å². The lowest BCUT2D eigenvalue weighted by molar-refractivity contribution is -0.119. The van der Waals surface area contributed by atoms with E-state index in [9.17, 15) is 9.59 Å². The van der Waals surface area contributed by atoms with Crippen molar-refractivity contribution in [1.29, 1.82) is 0 Å². The van der Waals surface area contributed by atoms with Gasteiger partial charge in [-0.05, 0) is 30.3 Å². The molecule has 2 heterocycles. The number of anilines is 1. The van der Waals surface area contributed by atoms with E-state index in [1.54, 1.807) is 49.9 Å². The number of nitrogens with zero attached hydrogens (tertiary/aromatic N) is 3. The van der Waals surface area contributed by atoms with E-state index in [0.717, 1.165) is 5.56 Å². The first kappa shape index (κ1) is 21.2. The molecule has 0 radical (unpaired) electrons. The number of hydrogen-bond donors (Lipinski definition) is 1. The van der Waals surface area contributed by atoms with Crippen LogP contribution in [0.4, 0.5) is 5.13 Å². The highest BCUT2D eigenvalue weighted by atomic mass is 32.1. The molecule has 0 fully saturated rings. The molecule has 0 aliphatic rings. The molecule has 0 atom stereocenters. The van der Waals surface area contributed by atoms with Crippen molar-refractivity contribution in [1.82, 2.24) is 15.0 Å². The first-order valence-electron chi connectivity index (χ1n) is 9.43. The summed E-state index contributed by atoms with van der Waals surface area (Å²) < 4.78 is 15.7. The Hall–Kier alpha value is -4.05. The van der Waals surface area contributed by atoms with Gasteiger partial charge >= 0.3 is 5.97 Å². The van der Waals surface area contributed by atoms with Gasteiger partial charge in [-0.3, -0.25) is 20.1 Å². The summed E-state index contributed by atoms with van der Waals surface area (Å²) in [7, 11) is 3.12. The number of nitrogens with one attached hydrogen (secondary N) is 1. The molecule has 2 aromatic heterocycles. The van der Waals surface area contributed by atoms with Crippen LogP contribution in [0.1, 0.15) is 10.4 Å². The molecule has 32 heavy (non-hydrogen) atoms. The number of amides is 1. The smallest absolute Gasteiger partial charge is 0.340 e. The van der Waals surface area contributed by atoms with E-state index in [1.165, 1.54) is 23.7 Å². The third-order valence-electron chi connectivity index (χ3n) is 4.48. The Morgan fingerprint density at radius 1 is 1.03 bits per heavy atom. The fourth-order valence-electron chi connectivity index (χ4n) is 2.98. The summed E-state index contributed by atoms with van der Waals surface area (Å²) in [4.78, 5) is 37.4. The second kappa shape index (κ2) is 9.40. The maximum atomic E-state index is 12.4. The molecular formula is C22H18N4O5S. The minimum atomic E-state index is -0.656. The molecule has 0 spiro atoms. The number of carbonyl (C=O) groups excluding carboxylic acids is 2. The molecular weight excluding hydrogens is 432 g/mol. The van der Waals surface area contributed by atoms with E-state index in [4.69, 9.17) is 14.2 Å². The molecule has 4 aromatic rings. The van der Waals surface area contributed by atoms with Crippen LogP contribution in [0.5, 0.6) is 11.5 Å². The van der Waals surface area contributed by atoms with Crippen LogP contribution in [0.2, 0.25) is 0 Å². The van der Waals surface area contributed by atoms with Gasteiger partial charge in [-0.2, -0.15) is 0 Å². The maximum absolute atomic E-state index is 12.4. The number of ether oxygens (including phenoxy) is 3. The largest absolute Gasteiger partial charge is 0.493 e. The Labute approximate surface area is 187 Å². The number of rotatable bonds is 7. The van der Waals surface area contributed by atoms with Gasteiger partial charge in [-0.25, -0.2) is 9.78 Å². The maximum Gasteiger partial charge on any atom is 0.340 e. The zero-order valence-corrected chi connectivity index (χ0v) is 18.0. The Bertz CT molecular complexity index is 1290. The highest BCUT2D eigenvalue weighted by Gasteiger charge is 2.16. The van der Waals surface area contributed by atoms with Crippen molar-refractivity contribution in [2.75, 3.05) is 26.1 Å². The number of aromatic nitrogens is 3. The number of carbonyl (C=O) groups is 2. The van der Waals surface area contributed by atoms with E-state index >= 15 is 0 Å². The van der Waals surface area contributed by atoms with Gasteiger partial charge in [0.1, 0.15) is 5.52 Å². The Morgan fingerprint density at radius 2 is 1.84 bits per heavy atom. The number of hydrogen-bond acceptors (Lipinski definition) is 9. The molecule has 1 amide bonds. The molecule has 162 valence electrons. The summed E-state index contributed by atoms with van der Waals surface area (Å²) in [5.74, 6) is 0.0295. The predicted molar refractivity (Wildman–Crippen MR) is 119 cm³/mol. The van der Waals surface area contributed by atoms with Gasteiger partial charge in [-0.1, -0.05) is 6.07 Å². The van der Waals surface area contributed by atoms with Crippen molar-refractivity contribution in [3.63, 3.8) is 0 Å². The van der Waals surface area contributed by atoms with Gasteiger partial charge < -0.3 is 14.2 Å². The van der Waals surface area contributed by atoms with Crippen LogP contribution in [0.3, 0.4) is 0 Å². The quantitative estimate of drug-likeness (QED) is 0.425. The van der Waals surface area contributed by atoms with Crippen molar-refractivity contribution in [3.05, 3.63) is 59.7 Å². The van der Waals surface area contributed by atoms with Crippen molar-refractivity contribution in [2.24, 2.45) is 0 Å². The fourth-order valence-corrected chi connectivity index (χ4v) is 3.72. The van der Waals surface area contributed by atoms with Crippen LogP contribution in [0.25, 0.3) is 22.3 Å². The second-order valence-corrected chi connectivity index (χ2v) is 7.32. The fraction of sp³-hybridized carbons (Fsp3) is 0.136.